The topological polar surface area (TPSA) is 79.6 Å². The van der Waals surface area contributed by atoms with E-state index in [0.717, 1.165) is 0 Å². The van der Waals surface area contributed by atoms with E-state index in [1.807, 2.05) is 6.07 Å². The predicted octanol–water partition coefficient (Wildman–Crippen LogP) is 1.71. The summed E-state index contributed by atoms with van der Waals surface area (Å²) >= 11 is 7.47. The summed E-state index contributed by atoms with van der Waals surface area (Å²) < 4.78 is 10.1. The van der Waals surface area contributed by atoms with Crippen molar-refractivity contribution in [3.8, 4) is 11.8 Å². The molecule has 23 heavy (non-hydrogen) atoms. The van der Waals surface area contributed by atoms with Crippen molar-refractivity contribution in [3.05, 3.63) is 28.8 Å². The summed E-state index contributed by atoms with van der Waals surface area (Å²) in [6, 6.07) is 6.57. The molecule has 1 aliphatic rings. The quantitative estimate of drug-likeness (QED) is 0.766. The minimum atomic E-state index is -0.365. The van der Waals surface area contributed by atoms with Gasteiger partial charge >= 0.3 is 5.97 Å². The molecule has 0 aromatic heterocycles. The molecule has 1 aromatic carbocycles. The molecule has 2 rings (SSSR count). The second kappa shape index (κ2) is 8.09. The van der Waals surface area contributed by atoms with Gasteiger partial charge < -0.3 is 14.4 Å². The lowest BCUT2D eigenvalue weighted by molar-refractivity contribution is -0.141. The van der Waals surface area contributed by atoms with Crippen LogP contribution in [0.2, 0.25) is 5.02 Å². The number of ether oxygens (including phenoxy) is 2. The Morgan fingerprint density at radius 2 is 2.30 bits per heavy atom. The minimum Gasteiger partial charge on any atom is -0.482 e. The molecule has 1 saturated heterocycles. The lowest BCUT2D eigenvalue weighted by Gasteiger charge is -2.30. The Bertz CT molecular complexity index is 647. The van der Waals surface area contributed by atoms with E-state index in [9.17, 15) is 9.59 Å². The van der Waals surface area contributed by atoms with E-state index in [0.29, 0.717) is 30.2 Å². The Morgan fingerprint density at radius 1 is 1.52 bits per heavy atom. The molecule has 1 fully saturated rings. The number of methoxy groups -OCH3 is 1. The number of amides is 1. The normalized spacial score (nSPS) is 17.3. The average molecular weight is 355 g/mol. The number of nitrogens with zero attached hydrogens (tertiary/aromatic N) is 2. The SMILES string of the molecule is COC(=O)[C@H]1CN(C(=O)COc2ccc(C#N)cc2Cl)CCS1. The fourth-order valence-electron chi connectivity index (χ4n) is 2.07. The van der Waals surface area contributed by atoms with Crippen LogP contribution in [0.3, 0.4) is 0 Å². The van der Waals surface area contributed by atoms with Gasteiger partial charge in [-0.15, -0.1) is 11.8 Å². The molecule has 8 heteroatoms. The molecular formula is C15H15ClN2O4S. The molecule has 0 saturated carbocycles. The summed E-state index contributed by atoms with van der Waals surface area (Å²) in [6.45, 7) is 0.687. The first-order valence-corrected chi connectivity index (χ1v) is 8.27. The van der Waals surface area contributed by atoms with E-state index in [2.05, 4.69) is 0 Å². The Hall–Kier alpha value is -1.91. The third-order valence-corrected chi connectivity index (χ3v) is 4.75. The van der Waals surface area contributed by atoms with E-state index in [1.165, 1.54) is 24.9 Å². The molecule has 1 aliphatic heterocycles. The van der Waals surface area contributed by atoms with Crippen molar-refractivity contribution >= 4 is 35.2 Å². The largest absolute Gasteiger partial charge is 0.482 e. The number of rotatable bonds is 4. The van der Waals surface area contributed by atoms with Gasteiger partial charge in [-0.1, -0.05) is 11.6 Å². The van der Waals surface area contributed by atoms with Crippen LogP contribution >= 0.6 is 23.4 Å². The second-order valence-electron chi connectivity index (χ2n) is 4.77. The van der Waals surface area contributed by atoms with E-state index in [1.54, 1.807) is 17.0 Å². The number of carbonyl (C=O) groups excluding carboxylic acids is 2. The standard InChI is InChI=1S/C15H15ClN2O4S/c1-21-15(20)13-8-18(4-5-23-13)14(19)9-22-12-3-2-10(7-17)6-11(12)16/h2-3,6,13H,4-5,8-9H2,1H3/t13-/m1/s1. The molecule has 1 heterocycles. The summed E-state index contributed by atoms with van der Waals surface area (Å²) in [5.74, 6) is 0.460. The van der Waals surface area contributed by atoms with Gasteiger partial charge in [0.2, 0.25) is 0 Å². The van der Waals surface area contributed by atoms with Gasteiger partial charge in [0.05, 0.1) is 23.8 Å². The maximum Gasteiger partial charge on any atom is 0.320 e. The van der Waals surface area contributed by atoms with E-state index in [-0.39, 0.29) is 28.8 Å². The first-order chi connectivity index (χ1) is 11.0. The molecular weight excluding hydrogens is 340 g/mol. The van der Waals surface area contributed by atoms with Crippen molar-refractivity contribution in [3.63, 3.8) is 0 Å². The highest BCUT2D eigenvalue weighted by Crippen LogP contribution is 2.25. The maximum atomic E-state index is 12.2. The molecule has 1 atom stereocenters. The summed E-state index contributed by atoms with van der Waals surface area (Å²) in [4.78, 5) is 25.3. The highest BCUT2D eigenvalue weighted by molar-refractivity contribution is 8.00. The smallest absolute Gasteiger partial charge is 0.320 e. The maximum absolute atomic E-state index is 12.2. The molecule has 0 bridgehead atoms. The number of thioether (sulfide) groups is 1. The molecule has 0 spiro atoms. The van der Waals surface area contributed by atoms with Gasteiger partial charge in [0, 0.05) is 18.8 Å². The van der Waals surface area contributed by atoms with Crippen molar-refractivity contribution in [1.29, 1.82) is 5.26 Å². The highest BCUT2D eigenvalue weighted by atomic mass is 35.5. The molecule has 1 aromatic rings. The molecule has 122 valence electrons. The zero-order valence-corrected chi connectivity index (χ0v) is 14.0. The van der Waals surface area contributed by atoms with Gasteiger partial charge in [0.15, 0.2) is 6.61 Å². The van der Waals surface area contributed by atoms with Crippen LogP contribution in [0.25, 0.3) is 0 Å². The number of carbonyl (C=O) groups is 2. The number of benzene rings is 1. The third-order valence-electron chi connectivity index (χ3n) is 3.30. The van der Waals surface area contributed by atoms with E-state index >= 15 is 0 Å². The highest BCUT2D eigenvalue weighted by Gasteiger charge is 2.29. The molecule has 0 unspecified atom stereocenters. The van der Waals surface area contributed by atoms with Gasteiger partial charge in [-0.25, -0.2) is 0 Å². The Labute approximate surface area is 143 Å². The zero-order chi connectivity index (χ0) is 16.8. The van der Waals surface area contributed by atoms with E-state index < -0.39 is 0 Å². The summed E-state index contributed by atoms with van der Waals surface area (Å²) in [7, 11) is 1.33. The summed E-state index contributed by atoms with van der Waals surface area (Å²) in [6.07, 6.45) is 0. The zero-order valence-electron chi connectivity index (χ0n) is 12.5. The first-order valence-electron chi connectivity index (χ1n) is 6.84. The van der Waals surface area contributed by atoms with Crippen molar-refractivity contribution in [1.82, 2.24) is 4.90 Å². The number of nitriles is 1. The number of esters is 1. The van der Waals surface area contributed by atoms with Crippen LogP contribution < -0.4 is 4.74 Å². The van der Waals surface area contributed by atoms with Crippen LogP contribution in [0.1, 0.15) is 5.56 Å². The van der Waals surface area contributed by atoms with Gasteiger partial charge in [0.25, 0.3) is 5.91 Å². The van der Waals surface area contributed by atoms with Crippen molar-refractivity contribution < 1.29 is 19.1 Å². The first kappa shape index (κ1) is 17.4. The average Bonchev–Trinajstić information content (AvgIpc) is 2.59. The van der Waals surface area contributed by atoms with Crippen LogP contribution in [0, 0.1) is 11.3 Å². The van der Waals surface area contributed by atoms with Crippen LogP contribution in [0.15, 0.2) is 18.2 Å². The van der Waals surface area contributed by atoms with Crippen LogP contribution in [0.4, 0.5) is 0 Å². The van der Waals surface area contributed by atoms with Gasteiger partial charge in [-0.05, 0) is 18.2 Å². The lowest BCUT2D eigenvalue weighted by atomic mass is 10.2. The van der Waals surface area contributed by atoms with Crippen molar-refractivity contribution in [2.75, 3.05) is 32.6 Å². The predicted molar refractivity (Wildman–Crippen MR) is 86.5 cm³/mol. The van der Waals surface area contributed by atoms with Crippen LogP contribution in [-0.2, 0) is 14.3 Å². The fourth-order valence-corrected chi connectivity index (χ4v) is 3.43. The van der Waals surface area contributed by atoms with Crippen molar-refractivity contribution in [2.45, 2.75) is 5.25 Å². The summed E-state index contributed by atoms with van der Waals surface area (Å²) in [5.41, 5.74) is 0.419. The molecule has 6 nitrogen and oxygen atoms in total. The Balaban J connectivity index is 1.92. The summed E-state index contributed by atoms with van der Waals surface area (Å²) in [5, 5.41) is 8.69. The van der Waals surface area contributed by atoms with Gasteiger partial charge in [-0.2, -0.15) is 5.26 Å². The Kier molecular flexibility index (Phi) is 6.13. The monoisotopic (exact) mass is 354 g/mol. The van der Waals surface area contributed by atoms with Crippen molar-refractivity contribution in [2.24, 2.45) is 0 Å². The molecule has 1 amide bonds. The molecule has 0 aliphatic carbocycles. The number of hydrogen-bond acceptors (Lipinski definition) is 6. The number of halogens is 1. The van der Waals surface area contributed by atoms with Gasteiger partial charge in [0.1, 0.15) is 11.0 Å². The number of hydrogen-bond donors (Lipinski definition) is 0. The molecule has 0 radical (unpaired) electrons. The third kappa shape index (κ3) is 4.53. The minimum absolute atomic E-state index is 0.176. The fraction of sp³-hybridized carbons (Fsp3) is 0.400. The van der Waals surface area contributed by atoms with E-state index in [4.69, 9.17) is 26.3 Å². The molecule has 0 N–H and O–H groups in total. The lowest BCUT2D eigenvalue weighted by Crippen LogP contribution is -2.46. The second-order valence-corrected chi connectivity index (χ2v) is 6.49. The van der Waals surface area contributed by atoms with Crippen LogP contribution in [-0.4, -0.2) is 54.6 Å². The Morgan fingerprint density at radius 3 is 2.96 bits per heavy atom. The van der Waals surface area contributed by atoms with Crippen LogP contribution in [0.5, 0.6) is 5.75 Å². The van der Waals surface area contributed by atoms with Gasteiger partial charge in [-0.3, -0.25) is 9.59 Å².